The van der Waals surface area contributed by atoms with E-state index < -0.39 is 0 Å². The maximum Gasteiger partial charge on any atom is 0.246 e. The number of likely N-dealkylation sites (N-methyl/N-ethyl adjacent to an activating group) is 1. The van der Waals surface area contributed by atoms with E-state index in [1.165, 1.54) is 121 Å². The fourth-order valence-corrected chi connectivity index (χ4v) is 5.14. The van der Waals surface area contributed by atoms with Crippen molar-refractivity contribution in [2.45, 2.75) is 149 Å². The molecule has 200 valence electrons. The van der Waals surface area contributed by atoms with Crippen LogP contribution in [0.15, 0.2) is 0 Å². The van der Waals surface area contributed by atoms with Gasteiger partial charge < -0.3 is 5.32 Å². The van der Waals surface area contributed by atoms with E-state index in [0.717, 1.165) is 39.0 Å². The first-order valence-corrected chi connectivity index (χ1v) is 15.3. The Morgan fingerprint density at radius 2 is 1.24 bits per heavy atom. The first-order valence-electron chi connectivity index (χ1n) is 15.3. The molecule has 0 saturated carbocycles. The van der Waals surface area contributed by atoms with E-state index in [4.69, 9.17) is 0 Å². The quantitative estimate of drug-likeness (QED) is 0.114. The van der Waals surface area contributed by atoms with Crippen LogP contribution in [0.5, 0.6) is 0 Å². The van der Waals surface area contributed by atoms with Crippen LogP contribution in [-0.2, 0) is 4.79 Å². The largest absolute Gasteiger partial charge is 0.356 e. The van der Waals surface area contributed by atoms with Crippen molar-refractivity contribution in [3.63, 3.8) is 0 Å². The molecule has 0 radical (unpaired) electrons. The van der Waals surface area contributed by atoms with Crippen molar-refractivity contribution < 1.29 is 9.37 Å². The fourth-order valence-electron chi connectivity index (χ4n) is 5.14. The Morgan fingerprint density at radius 3 is 1.79 bits per heavy atom. The van der Waals surface area contributed by atoms with Crippen LogP contribution < -0.4 is 5.32 Å². The van der Waals surface area contributed by atoms with Gasteiger partial charge in [-0.3, -0.25) is 14.3 Å². The predicted molar refractivity (Wildman–Crippen MR) is 149 cm³/mol. The van der Waals surface area contributed by atoms with Gasteiger partial charge in [0.1, 0.15) is 13.1 Å². The normalized spacial score (nSPS) is 13.8. The van der Waals surface area contributed by atoms with Gasteiger partial charge in [0.2, 0.25) is 11.7 Å². The second-order valence-electron chi connectivity index (χ2n) is 10.7. The molecular weight excluding hydrogens is 418 g/mol. The molecule has 0 saturated heterocycles. The van der Waals surface area contributed by atoms with Gasteiger partial charge in [0.15, 0.2) is 0 Å². The molecule has 1 amide bonds. The van der Waals surface area contributed by atoms with Gasteiger partial charge in [-0.15, -0.1) is 0 Å². The molecule has 1 N–H and O–H groups in total. The summed E-state index contributed by atoms with van der Waals surface area (Å²) >= 11 is 0. The number of carbonyl (C=O) groups excluding carboxylic acids is 1. The minimum absolute atomic E-state index is 0.250. The van der Waals surface area contributed by atoms with Gasteiger partial charge in [-0.25, -0.2) is 0 Å². The molecule has 0 aliphatic carbocycles. The van der Waals surface area contributed by atoms with Crippen LogP contribution in [-0.4, -0.2) is 54.4 Å². The fraction of sp³-hybridized carbons (Fsp3) is 0.933. The van der Waals surface area contributed by atoms with Crippen molar-refractivity contribution in [3.8, 4) is 0 Å². The van der Waals surface area contributed by atoms with Crippen LogP contribution in [0.25, 0.3) is 0 Å². The highest BCUT2D eigenvalue weighted by atomic mass is 16.1. The van der Waals surface area contributed by atoms with Crippen molar-refractivity contribution in [1.29, 1.82) is 0 Å². The van der Waals surface area contributed by atoms with Crippen LogP contribution >= 0.6 is 0 Å². The van der Waals surface area contributed by atoms with Gasteiger partial charge in [0.25, 0.3) is 0 Å². The number of hydrogen-bond acceptors (Lipinski definition) is 2. The summed E-state index contributed by atoms with van der Waals surface area (Å²) in [5.74, 6) is 1.78. The van der Waals surface area contributed by atoms with Crippen LogP contribution in [0.4, 0.5) is 0 Å². The number of carbonyl (C=O) groups is 1. The molecule has 4 nitrogen and oxygen atoms in total. The first-order chi connectivity index (χ1) is 16.7. The van der Waals surface area contributed by atoms with Crippen LogP contribution in [0, 0.1) is 0 Å². The van der Waals surface area contributed by atoms with Gasteiger partial charge in [-0.05, 0) is 12.8 Å². The highest BCUT2D eigenvalue weighted by Gasteiger charge is 2.27. The molecule has 34 heavy (non-hydrogen) atoms. The molecule has 0 spiro atoms. The molecule has 1 heterocycles. The summed E-state index contributed by atoms with van der Waals surface area (Å²) in [5.41, 5.74) is 0. The van der Waals surface area contributed by atoms with E-state index in [0.29, 0.717) is 6.42 Å². The summed E-state index contributed by atoms with van der Waals surface area (Å²) in [6.07, 6.45) is 27.3. The highest BCUT2D eigenvalue weighted by molar-refractivity contribution is 5.78. The Kier molecular flexibility index (Phi) is 20.4. The monoisotopic (exact) mass is 478 g/mol. The number of hydrogen-bond donors (Lipinski definition) is 1. The highest BCUT2D eigenvalue weighted by Crippen LogP contribution is 2.14. The van der Waals surface area contributed by atoms with Gasteiger partial charge in [0, 0.05) is 25.8 Å². The molecule has 1 aliphatic heterocycles. The van der Waals surface area contributed by atoms with Crippen LogP contribution in [0.2, 0.25) is 0 Å². The molecule has 1 aliphatic rings. The molecular formula is C30H60N3O+. The van der Waals surface area contributed by atoms with Crippen molar-refractivity contribution in [2.75, 3.05) is 33.2 Å². The summed E-state index contributed by atoms with van der Waals surface area (Å²) in [6.45, 7) is 8.76. The van der Waals surface area contributed by atoms with Crippen molar-refractivity contribution in [2.24, 2.45) is 0 Å². The van der Waals surface area contributed by atoms with E-state index in [-0.39, 0.29) is 5.91 Å². The first kappa shape index (κ1) is 31.0. The zero-order chi connectivity index (χ0) is 24.7. The Labute approximate surface area is 213 Å². The summed E-state index contributed by atoms with van der Waals surface area (Å²) in [4.78, 5) is 14.7. The number of rotatable bonds is 24. The summed E-state index contributed by atoms with van der Waals surface area (Å²) in [7, 11) is 2.25. The van der Waals surface area contributed by atoms with Gasteiger partial charge in [0.05, 0.1) is 13.6 Å². The Bertz CT molecular complexity index is 517. The maximum absolute atomic E-state index is 12.1. The SMILES string of the molecule is CCCCCCCCCCCC(=O)NCCCN1CC[N+](C)=C1CCCCCCCCCCC. The molecule has 4 heteroatoms. The van der Waals surface area contributed by atoms with E-state index >= 15 is 0 Å². The summed E-state index contributed by atoms with van der Waals surface area (Å²) < 4.78 is 2.45. The zero-order valence-electron chi connectivity index (χ0n) is 23.5. The molecule has 0 aromatic heterocycles. The maximum atomic E-state index is 12.1. The topological polar surface area (TPSA) is 35.4 Å². The third-order valence-corrected chi connectivity index (χ3v) is 7.45. The van der Waals surface area contributed by atoms with Crippen LogP contribution in [0.1, 0.15) is 149 Å². The molecule has 0 atom stereocenters. The number of unbranched alkanes of at least 4 members (excludes halogenated alkanes) is 16. The average Bonchev–Trinajstić information content (AvgIpc) is 3.18. The molecule has 0 bridgehead atoms. The molecule has 0 fully saturated rings. The van der Waals surface area contributed by atoms with E-state index in [2.05, 4.69) is 35.7 Å². The van der Waals surface area contributed by atoms with Crippen molar-refractivity contribution in [3.05, 3.63) is 0 Å². The van der Waals surface area contributed by atoms with E-state index in [1.807, 2.05) is 0 Å². The van der Waals surface area contributed by atoms with Crippen molar-refractivity contribution >= 4 is 11.7 Å². The number of amides is 1. The lowest BCUT2D eigenvalue weighted by Gasteiger charge is -2.14. The third-order valence-electron chi connectivity index (χ3n) is 7.45. The standard InChI is InChI=1S/C30H59N3O/c1-4-6-8-10-12-14-16-18-20-23-29(34)31-25-22-26-33-28-27-32(3)30(33)24-21-19-17-15-13-11-9-7-5-2/h4-28H2,1-3H3/p+1. The minimum atomic E-state index is 0.250. The van der Waals surface area contributed by atoms with E-state index in [1.54, 1.807) is 0 Å². The lowest BCUT2D eigenvalue weighted by atomic mass is 10.1. The van der Waals surface area contributed by atoms with Gasteiger partial charge in [-0.2, -0.15) is 0 Å². The molecule has 0 unspecified atom stereocenters. The van der Waals surface area contributed by atoms with Gasteiger partial charge in [-0.1, -0.05) is 117 Å². The summed E-state index contributed by atoms with van der Waals surface area (Å²) in [6, 6.07) is 0. The predicted octanol–water partition coefficient (Wildman–Crippen LogP) is 7.69. The lowest BCUT2D eigenvalue weighted by molar-refractivity contribution is -0.487. The number of amidine groups is 1. The second kappa shape index (κ2) is 22.4. The number of nitrogens with zero attached hydrogens (tertiary/aromatic N) is 2. The van der Waals surface area contributed by atoms with E-state index in [9.17, 15) is 4.79 Å². The van der Waals surface area contributed by atoms with Crippen molar-refractivity contribution in [1.82, 2.24) is 10.2 Å². The van der Waals surface area contributed by atoms with Crippen LogP contribution in [0.3, 0.4) is 0 Å². The third kappa shape index (κ3) is 16.5. The Morgan fingerprint density at radius 1 is 0.735 bits per heavy atom. The molecule has 0 aromatic carbocycles. The average molecular weight is 479 g/mol. The Balaban J connectivity index is 2.00. The Hall–Kier alpha value is -1.06. The minimum Gasteiger partial charge on any atom is -0.356 e. The smallest absolute Gasteiger partial charge is 0.246 e. The van der Waals surface area contributed by atoms with Gasteiger partial charge >= 0.3 is 0 Å². The molecule has 1 rings (SSSR count). The molecule has 0 aromatic rings. The number of nitrogens with one attached hydrogen (secondary N) is 1. The summed E-state index contributed by atoms with van der Waals surface area (Å²) in [5, 5.41) is 3.15. The zero-order valence-corrected chi connectivity index (χ0v) is 23.5. The lowest BCUT2D eigenvalue weighted by Crippen LogP contribution is -2.33. The second-order valence-corrected chi connectivity index (χ2v) is 10.7.